The quantitative estimate of drug-likeness (QED) is 0.754. The normalized spacial score (nSPS) is 18.4. The lowest BCUT2D eigenvalue weighted by Gasteiger charge is -2.19. The molecule has 21 heavy (non-hydrogen) atoms. The summed E-state index contributed by atoms with van der Waals surface area (Å²) in [6.45, 7) is 0. The summed E-state index contributed by atoms with van der Waals surface area (Å²) in [6.07, 6.45) is 0.678. The van der Waals surface area contributed by atoms with Crippen molar-refractivity contribution in [2.45, 2.75) is 18.6 Å². The van der Waals surface area contributed by atoms with E-state index in [1.807, 2.05) is 24.3 Å². The lowest BCUT2D eigenvalue weighted by molar-refractivity contribution is 0.200. The van der Waals surface area contributed by atoms with E-state index in [2.05, 4.69) is 11.1 Å². The van der Waals surface area contributed by atoms with Gasteiger partial charge in [0.1, 0.15) is 11.9 Å². The van der Waals surface area contributed by atoms with E-state index in [0.717, 1.165) is 17.7 Å². The highest BCUT2D eigenvalue weighted by Gasteiger charge is 2.29. The molecule has 2 heterocycles. The Balaban J connectivity index is 1.65. The highest BCUT2D eigenvalue weighted by molar-refractivity contribution is 5.73. The molecule has 5 heteroatoms. The van der Waals surface area contributed by atoms with Gasteiger partial charge in [-0.05, 0) is 29.3 Å². The molecule has 2 aromatic carbocycles. The van der Waals surface area contributed by atoms with Crippen LogP contribution in [0, 0.1) is 0 Å². The first-order chi connectivity index (χ1) is 10.2. The van der Waals surface area contributed by atoms with E-state index in [4.69, 9.17) is 14.9 Å². The summed E-state index contributed by atoms with van der Waals surface area (Å²) in [4.78, 5) is 13.8. The Morgan fingerprint density at radius 1 is 1.24 bits per heavy atom. The Bertz CT molecular complexity index is 840. The first-order valence-electron chi connectivity index (χ1n) is 6.83. The maximum atomic E-state index is 11.2. The van der Waals surface area contributed by atoms with Crippen molar-refractivity contribution in [2.75, 3.05) is 0 Å². The molecule has 0 saturated heterocycles. The standard InChI is InChI=1S/C16H14N2O3/c17-15(14-7-9-3-1-2-4-12(9)20-14)10-5-6-11-13(8-10)21-16(19)18-11/h1-6,8,14-15H,7,17H2,(H,18,19). The fraction of sp³-hybridized carbons (Fsp3) is 0.188. The maximum Gasteiger partial charge on any atom is 0.417 e. The zero-order valence-electron chi connectivity index (χ0n) is 11.2. The molecule has 1 aromatic heterocycles. The number of fused-ring (bicyclic) bond motifs is 2. The molecule has 0 fully saturated rings. The van der Waals surface area contributed by atoms with Gasteiger partial charge in [0.05, 0.1) is 11.6 Å². The number of nitrogens with two attached hydrogens (primary N) is 1. The average molecular weight is 282 g/mol. The van der Waals surface area contributed by atoms with Crippen LogP contribution in [-0.2, 0) is 6.42 Å². The van der Waals surface area contributed by atoms with Gasteiger partial charge >= 0.3 is 5.76 Å². The Morgan fingerprint density at radius 2 is 2.10 bits per heavy atom. The van der Waals surface area contributed by atoms with E-state index in [1.54, 1.807) is 12.1 Å². The van der Waals surface area contributed by atoms with Crippen LogP contribution in [0.15, 0.2) is 51.7 Å². The molecule has 0 aliphatic carbocycles. The molecule has 0 saturated carbocycles. The number of hydrogen-bond donors (Lipinski definition) is 2. The van der Waals surface area contributed by atoms with E-state index in [-0.39, 0.29) is 12.1 Å². The minimum Gasteiger partial charge on any atom is -0.488 e. The Kier molecular flexibility index (Phi) is 2.62. The molecular formula is C16H14N2O3. The summed E-state index contributed by atoms with van der Waals surface area (Å²) >= 11 is 0. The van der Waals surface area contributed by atoms with E-state index in [9.17, 15) is 4.79 Å². The van der Waals surface area contributed by atoms with Gasteiger partial charge in [-0.3, -0.25) is 4.98 Å². The van der Waals surface area contributed by atoms with E-state index < -0.39 is 5.76 Å². The van der Waals surface area contributed by atoms with Gasteiger partial charge in [-0.2, -0.15) is 0 Å². The molecule has 106 valence electrons. The van der Waals surface area contributed by atoms with Crippen molar-refractivity contribution in [2.24, 2.45) is 5.73 Å². The zero-order valence-corrected chi connectivity index (χ0v) is 11.2. The second-order valence-electron chi connectivity index (χ2n) is 5.26. The molecular weight excluding hydrogens is 268 g/mol. The van der Waals surface area contributed by atoms with Crippen LogP contribution < -0.4 is 16.2 Å². The zero-order chi connectivity index (χ0) is 14.4. The molecule has 3 aromatic rings. The van der Waals surface area contributed by atoms with Crippen molar-refractivity contribution in [3.63, 3.8) is 0 Å². The Hall–Kier alpha value is -2.53. The van der Waals surface area contributed by atoms with Gasteiger partial charge in [-0.25, -0.2) is 4.79 Å². The highest BCUT2D eigenvalue weighted by atomic mass is 16.5. The SMILES string of the molecule is NC(c1ccc2[nH]c(=O)oc2c1)C1Cc2ccccc2O1. The lowest BCUT2D eigenvalue weighted by Crippen LogP contribution is -2.29. The molecule has 4 rings (SSSR count). The summed E-state index contributed by atoms with van der Waals surface area (Å²) < 4.78 is 11.0. The van der Waals surface area contributed by atoms with E-state index in [0.29, 0.717) is 11.1 Å². The molecule has 0 bridgehead atoms. The molecule has 2 unspecified atom stereocenters. The van der Waals surface area contributed by atoms with Crippen molar-refractivity contribution in [3.8, 4) is 5.75 Å². The average Bonchev–Trinajstić information content (AvgIpc) is 3.07. The summed E-state index contributed by atoms with van der Waals surface area (Å²) in [7, 11) is 0. The minimum atomic E-state index is -0.458. The second-order valence-corrected chi connectivity index (χ2v) is 5.26. The van der Waals surface area contributed by atoms with Crippen molar-refractivity contribution in [1.82, 2.24) is 4.98 Å². The van der Waals surface area contributed by atoms with Crippen LogP contribution in [0.4, 0.5) is 0 Å². The van der Waals surface area contributed by atoms with E-state index in [1.165, 1.54) is 5.56 Å². The smallest absolute Gasteiger partial charge is 0.417 e. The molecule has 0 spiro atoms. The van der Waals surface area contributed by atoms with Crippen molar-refractivity contribution >= 4 is 11.1 Å². The summed E-state index contributed by atoms with van der Waals surface area (Å²) in [5.74, 6) is 0.437. The van der Waals surface area contributed by atoms with Crippen molar-refractivity contribution in [3.05, 3.63) is 64.1 Å². The number of para-hydroxylation sites is 1. The highest BCUT2D eigenvalue weighted by Crippen LogP contribution is 2.33. The van der Waals surface area contributed by atoms with Crippen LogP contribution in [0.5, 0.6) is 5.75 Å². The molecule has 3 N–H and O–H groups in total. The van der Waals surface area contributed by atoms with Crippen LogP contribution in [0.1, 0.15) is 17.2 Å². The molecule has 1 aliphatic rings. The Labute approximate surface area is 120 Å². The van der Waals surface area contributed by atoms with Crippen LogP contribution in [0.25, 0.3) is 11.1 Å². The fourth-order valence-corrected chi connectivity index (χ4v) is 2.79. The van der Waals surface area contributed by atoms with Gasteiger partial charge < -0.3 is 14.9 Å². The van der Waals surface area contributed by atoms with Crippen molar-refractivity contribution < 1.29 is 9.15 Å². The molecule has 0 radical (unpaired) electrons. The van der Waals surface area contributed by atoms with Gasteiger partial charge in [0.2, 0.25) is 0 Å². The van der Waals surface area contributed by atoms with Crippen molar-refractivity contribution in [1.29, 1.82) is 0 Å². The summed E-state index contributed by atoms with van der Waals surface area (Å²) in [6, 6.07) is 13.2. The first-order valence-corrected chi connectivity index (χ1v) is 6.83. The number of aromatic nitrogens is 1. The molecule has 2 atom stereocenters. The minimum absolute atomic E-state index is 0.106. The number of benzene rings is 2. The molecule has 5 nitrogen and oxygen atoms in total. The topological polar surface area (TPSA) is 81.3 Å². The largest absolute Gasteiger partial charge is 0.488 e. The predicted octanol–water partition coefficient (Wildman–Crippen LogP) is 2.12. The van der Waals surface area contributed by atoms with Gasteiger partial charge in [0, 0.05) is 6.42 Å². The van der Waals surface area contributed by atoms with Gasteiger partial charge in [-0.1, -0.05) is 24.3 Å². The number of ether oxygens (including phenoxy) is 1. The number of oxazole rings is 1. The number of H-pyrrole nitrogens is 1. The Morgan fingerprint density at radius 3 is 2.95 bits per heavy atom. The van der Waals surface area contributed by atoms with Gasteiger partial charge in [-0.15, -0.1) is 0 Å². The third-order valence-electron chi connectivity index (χ3n) is 3.90. The van der Waals surface area contributed by atoms with E-state index >= 15 is 0 Å². The predicted molar refractivity (Wildman–Crippen MR) is 78.3 cm³/mol. The first kappa shape index (κ1) is 12.2. The molecule has 0 amide bonds. The summed E-state index contributed by atoms with van der Waals surface area (Å²) in [5.41, 5.74) is 9.58. The number of hydrogen-bond acceptors (Lipinski definition) is 4. The number of rotatable bonds is 2. The van der Waals surface area contributed by atoms with Crippen LogP contribution in [0.3, 0.4) is 0 Å². The fourth-order valence-electron chi connectivity index (χ4n) is 2.79. The van der Waals surface area contributed by atoms with Gasteiger partial charge in [0.15, 0.2) is 5.58 Å². The number of aromatic amines is 1. The van der Waals surface area contributed by atoms with Crippen LogP contribution in [0.2, 0.25) is 0 Å². The van der Waals surface area contributed by atoms with Crippen LogP contribution in [-0.4, -0.2) is 11.1 Å². The van der Waals surface area contributed by atoms with Gasteiger partial charge in [0.25, 0.3) is 0 Å². The summed E-state index contributed by atoms with van der Waals surface area (Å²) in [5, 5.41) is 0. The maximum absolute atomic E-state index is 11.2. The lowest BCUT2D eigenvalue weighted by atomic mass is 9.98. The second kappa shape index (κ2) is 4.49. The monoisotopic (exact) mass is 282 g/mol. The molecule has 1 aliphatic heterocycles. The third-order valence-corrected chi connectivity index (χ3v) is 3.90. The number of nitrogens with one attached hydrogen (secondary N) is 1. The third kappa shape index (κ3) is 2.02. The van der Waals surface area contributed by atoms with Crippen LogP contribution >= 0.6 is 0 Å².